The lowest BCUT2D eigenvalue weighted by Gasteiger charge is -2.31. The van der Waals surface area contributed by atoms with Gasteiger partial charge in [0.05, 0.1) is 15.5 Å². The maximum Gasteiger partial charge on any atom is 0.265 e. The molecule has 5 rings (SSSR count). The summed E-state index contributed by atoms with van der Waals surface area (Å²) >= 11 is 0. The first-order chi connectivity index (χ1) is 17.3. The second-order valence-corrected chi connectivity index (χ2v) is 11.6. The number of carbonyl (C=O) groups excluding carboxylic acids is 1. The highest BCUT2D eigenvalue weighted by molar-refractivity contribution is 7.93. The summed E-state index contributed by atoms with van der Waals surface area (Å²) in [6.45, 7) is -0.441. The fourth-order valence-corrected chi connectivity index (χ4v) is 6.73. The molecule has 0 unspecified atom stereocenters. The number of benzene rings is 4. The maximum absolute atomic E-state index is 13.3. The summed E-state index contributed by atoms with van der Waals surface area (Å²) in [4.78, 5) is 13.0. The van der Waals surface area contributed by atoms with E-state index in [1.807, 2.05) is 12.1 Å². The van der Waals surface area contributed by atoms with Crippen molar-refractivity contribution in [3.63, 3.8) is 0 Å². The molecule has 8 nitrogen and oxygen atoms in total. The zero-order chi connectivity index (χ0) is 25.3. The summed E-state index contributed by atoms with van der Waals surface area (Å²) in [5, 5.41) is 2.65. The van der Waals surface area contributed by atoms with Gasteiger partial charge in [-0.2, -0.15) is 0 Å². The van der Waals surface area contributed by atoms with Crippen LogP contribution in [0.2, 0.25) is 0 Å². The van der Waals surface area contributed by atoms with Crippen molar-refractivity contribution >= 4 is 43.0 Å². The van der Waals surface area contributed by atoms with Crippen molar-refractivity contribution in [2.24, 2.45) is 0 Å². The average Bonchev–Trinajstić information content (AvgIpc) is 2.87. The van der Waals surface area contributed by atoms with Crippen LogP contribution in [0.5, 0.6) is 0 Å². The van der Waals surface area contributed by atoms with Gasteiger partial charge in [0, 0.05) is 22.5 Å². The van der Waals surface area contributed by atoms with Crippen molar-refractivity contribution < 1.29 is 21.6 Å². The van der Waals surface area contributed by atoms with Gasteiger partial charge in [-0.15, -0.1) is 0 Å². The molecule has 1 heterocycles. The minimum Gasteiger partial charge on any atom is -0.325 e. The Balaban J connectivity index is 1.34. The molecule has 0 aliphatic carbocycles. The molecule has 4 aromatic carbocycles. The molecule has 10 heteroatoms. The van der Waals surface area contributed by atoms with Gasteiger partial charge in [0.2, 0.25) is 5.91 Å². The van der Waals surface area contributed by atoms with Crippen LogP contribution in [-0.2, 0) is 24.8 Å². The number of hydrogen-bond acceptors (Lipinski definition) is 5. The van der Waals surface area contributed by atoms with E-state index in [0.717, 1.165) is 9.87 Å². The van der Waals surface area contributed by atoms with Crippen LogP contribution in [0.25, 0.3) is 11.1 Å². The number of sulfonamides is 2. The third-order valence-corrected chi connectivity index (χ3v) is 8.89. The Morgan fingerprint density at radius 1 is 0.722 bits per heavy atom. The van der Waals surface area contributed by atoms with Gasteiger partial charge >= 0.3 is 0 Å². The molecular weight excluding hydrogens is 498 g/mol. The van der Waals surface area contributed by atoms with E-state index in [2.05, 4.69) is 10.0 Å². The summed E-state index contributed by atoms with van der Waals surface area (Å²) in [5.74, 6) is -0.564. The normalized spacial score (nSPS) is 13.8. The Morgan fingerprint density at radius 2 is 1.33 bits per heavy atom. The molecule has 4 aromatic rings. The van der Waals surface area contributed by atoms with Crippen LogP contribution in [0.4, 0.5) is 17.1 Å². The third kappa shape index (κ3) is 4.43. The molecule has 36 heavy (non-hydrogen) atoms. The van der Waals surface area contributed by atoms with Crippen LogP contribution in [0.15, 0.2) is 113 Å². The van der Waals surface area contributed by atoms with Gasteiger partial charge in [0.1, 0.15) is 6.54 Å². The number of nitrogens with one attached hydrogen (secondary N) is 2. The quantitative estimate of drug-likeness (QED) is 0.394. The topological polar surface area (TPSA) is 113 Å². The van der Waals surface area contributed by atoms with Gasteiger partial charge < -0.3 is 5.32 Å². The van der Waals surface area contributed by atoms with E-state index in [1.165, 1.54) is 30.3 Å². The Bertz CT molecular complexity index is 1650. The van der Waals surface area contributed by atoms with E-state index >= 15 is 0 Å². The highest BCUT2D eigenvalue weighted by Crippen LogP contribution is 2.42. The number of nitrogens with zero attached hydrogens (tertiary/aromatic N) is 1. The summed E-state index contributed by atoms with van der Waals surface area (Å²) < 4.78 is 55.5. The SMILES string of the molecule is O=C(CN1c2ccccc2-c2ccccc2S1(=O)=O)Nc1ccc(S(=O)(=O)Nc2ccccc2)cc1. The van der Waals surface area contributed by atoms with Crippen LogP contribution < -0.4 is 14.3 Å². The number of anilines is 3. The Morgan fingerprint density at radius 3 is 2.06 bits per heavy atom. The molecule has 2 N–H and O–H groups in total. The van der Waals surface area contributed by atoms with Crippen LogP contribution >= 0.6 is 0 Å². The van der Waals surface area contributed by atoms with Crippen LogP contribution in [0.1, 0.15) is 0 Å². The Hall–Kier alpha value is -4.15. The molecular formula is C26H21N3O5S2. The summed E-state index contributed by atoms with van der Waals surface area (Å²) in [6, 6.07) is 27.8. The first kappa shape index (κ1) is 23.6. The first-order valence-corrected chi connectivity index (χ1v) is 13.9. The average molecular weight is 520 g/mol. The zero-order valence-corrected chi connectivity index (χ0v) is 20.5. The number of carbonyl (C=O) groups is 1. The fourth-order valence-electron chi connectivity index (χ4n) is 4.02. The first-order valence-electron chi connectivity index (χ1n) is 10.9. The van der Waals surface area contributed by atoms with E-state index in [-0.39, 0.29) is 9.79 Å². The number of rotatable bonds is 6. The van der Waals surface area contributed by atoms with E-state index in [9.17, 15) is 21.6 Å². The predicted molar refractivity (Wildman–Crippen MR) is 139 cm³/mol. The van der Waals surface area contributed by atoms with Crippen molar-refractivity contribution in [1.82, 2.24) is 0 Å². The lowest BCUT2D eigenvalue weighted by atomic mass is 10.0. The lowest BCUT2D eigenvalue weighted by Crippen LogP contribution is -2.40. The van der Waals surface area contributed by atoms with Crippen molar-refractivity contribution in [3.8, 4) is 11.1 Å². The van der Waals surface area contributed by atoms with Crippen molar-refractivity contribution in [1.29, 1.82) is 0 Å². The molecule has 0 aromatic heterocycles. The van der Waals surface area contributed by atoms with Gasteiger partial charge in [0.15, 0.2) is 0 Å². The fraction of sp³-hybridized carbons (Fsp3) is 0.0385. The van der Waals surface area contributed by atoms with E-state index in [4.69, 9.17) is 0 Å². The van der Waals surface area contributed by atoms with Crippen LogP contribution in [-0.4, -0.2) is 29.3 Å². The smallest absolute Gasteiger partial charge is 0.265 e. The Kier molecular flexibility index (Phi) is 5.99. The predicted octanol–water partition coefficient (Wildman–Crippen LogP) is 4.30. The summed E-state index contributed by atoms with van der Waals surface area (Å²) in [5.41, 5.74) is 2.49. The minimum atomic E-state index is -3.95. The minimum absolute atomic E-state index is 0.0218. The molecule has 182 valence electrons. The molecule has 0 saturated heterocycles. The van der Waals surface area contributed by atoms with Crippen LogP contribution in [0.3, 0.4) is 0 Å². The van der Waals surface area contributed by atoms with Crippen molar-refractivity contribution in [2.45, 2.75) is 9.79 Å². The standard InChI is InChI=1S/C26H21N3O5S2/c30-26(27-19-14-16-21(17-15-19)35(31,32)28-20-8-2-1-3-9-20)18-29-24-12-6-4-10-22(24)23-11-5-7-13-25(23)36(29,33)34/h1-17,28H,18H2,(H,27,30). The molecule has 0 saturated carbocycles. The van der Waals surface area contributed by atoms with Gasteiger partial charge in [0.25, 0.3) is 20.0 Å². The van der Waals surface area contributed by atoms with E-state index in [0.29, 0.717) is 22.6 Å². The summed E-state index contributed by atoms with van der Waals surface area (Å²) in [7, 11) is -7.76. The molecule has 1 aliphatic rings. The molecule has 1 amide bonds. The van der Waals surface area contributed by atoms with Gasteiger partial charge in [-0.1, -0.05) is 54.6 Å². The van der Waals surface area contributed by atoms with Gasteiger partial charge in [-0.25, -0.2) is 16.8 Å². The molecule has 0 atom stereocenters. The van der Waals surface area contributed by atoms with E-state index < -0.39 is 32.5 Å². The van der Waals surface area contributed by atoms with Gasteiger partial charge in [-0.05, 0) is 48.5 Å². The Labute approximate surface area is 209 Å². The van der Waals surface area contributed by atoms with Crippen molar-refractivity contribution in [2.75, 3.05) is 20.9 Å². The van der Waals surface area contributed by atoms with Crippen molar-refractivity contribution in [3.05, 3.63) is 103 Å². The molecule has 0 bridgehead atoms. The number of amides is 1. The second kappa shape index (κ2) is 9.14. The maximum atomic E-state index is 13.3. The second-order valence-electron chi connectivity index (χ2n) is 8.07. The highest BCUT2D eigenvalue weighted by Gasteiger charge is 2.35. The zero-order valence-electron chi connectivity index (χ0n) is 18.8. The van der Waals surface area contributed by atoms with Gasteiger partial charge in [-0.3, -0.25) is 13.8 Å². The largest absolute Gasteiger partial charge is 0.325 e. The lowest BCUT2D eigenvalue weighted by molar-refractivity contribution is -0.114. The number of para-hydroxylation sites is 2. The molecule has 0 fully saturated rings. The van der Waals surface area contributed by atoms with E-state index in [1.54, 1.807) is 60.7 Å². The monoisotopic (exact) mass is 519 g/mol. The summed E-state index contributed by atoms with van der Waals surface area (Å²) in [6.07, 6.45) is 0. The molecule has 0 spiro atoms. The highest BCUT2D eigenvalue weighted by atomic mass is 32.2. The molecule has 1 aliphatic heterocycles. The number of hydrogen-bond donors (Lipinski definition) is 2. The molecule has 0 radical (unpaired) electrons. The van der Waals surface area contributed by atoms with Crippen LogP contribution in [0, 0.1) is 0 Å². The number of fused-ring (bicyclic) bond motifs is 3. The third-order valence-electron chi connectivity index (χ3n) is 5.68.